The van der Waals surface area contributed by atoms with Gasteiger partial charge in [-0.3, -0.25) is 9.11 Å². The summed E-state index contributed by atoms with van der Waals surface area (Å²) in [6.07, 6.45) is 0. The van der Waals surface area contributed by atoms with E-state index in [0.717, 1.165) is 0 Å². The van der Waals surface area contributed by atoms with Gasteiger partial charge in [-0.2, -0.15) is 21.9 Å². The lowest BCUT2D eigenvalue weighted by atomic mass is 10.2. The van der Waals surface area contributed by atoms with Gasteiger partial charge in [-0.25, -0.2) is 12.6 Å². The standard InChI is InChI=1S/C16H19N3O9S3/c1-19(2)14-4-3-5-15(30(22,23)24)16(14)18-17-12-6-8-13(9-7-12)29(20,21)11-10-28-31(25,26)27/h3-9H,10-11H2,1-2H3,(H,22,23,24)(H,25,26,27). The SMILES string of the molecule is CN(C)c1cccc(S(=O)(=O)O)c1N=Nc1ccc(S(=O)(=O)CCOS(=O)(=O)O)cc1. The maximum Gasteiger partial charge on any atom is 0.397 e. The minimum absolute atomic E-state index is 0.103. The van der Waals surface area contributed by atoms with Crippen molar-refractivity contribution < 1.29 is 38.5 Å². The molecule has 0 atom stereocenters. The van der Waals surface area contributed by atoms with Crippen molar-refractivity contribution in [2.75, 3.05) is 31.4 Å². The predicted molar refractivity (Wildman–Crippen MR) is 111 cm³/mol. The molecule has 0 radical (unpaired) electrons. The van der Waals surface area contributed by atoms with Crippen LogP contribution >= 0.6 is 0 Å². The summed E-state index contributed by atoms with van der Waals surface area (Å²) in [5.74, 6) is -0.693. The van der Waals surface area contributed by atoms with Crippen LogP contribution in [0.1, 0.15) is 0 Å². The van der Waals surface area contributed by atoms with Gasteiger partial charge in [-0.05, 0) is 36.4 Å². The molecule has 0 unspecified atom stereocenters. The molecule has 15 heteroatoms. The average molecular weight is 494 g/mol. The minimum Gasteiger partial charge on any atom is -0.376 e. The molecule has 0 amide bonds. The molecule has 2 rings (SSSR count). The first-order chi connectivity index (χ1) is 14.2. The van der Waals surface area contributed by atoms with Crippen molar-refractivity contribution in [1.82, 2.24) is 0 Å². The van der Waals surface area contributed by atoms with Gasteiger partial charge in [0.15, 0.2) is 9.84 Å². The zero-order valence-corrected chi connectivity index (χ0v) is 18.7. The van der Waals surface area contributed by atoms with Gasteiger partial charge in [0.2, 0.25) is 0 Å². The first-order valence-corrected chi connectivity index (χ1v) is 12.8. The van der Waals surface area contributed by atoms with E-state index in [1.165, 1.54) is 36.4 Å². The number of nitrogens with zero attached hydrogens (tertiary/aromatic N) is 3. The van der Waals surface area contributed by atoms with E-state index in [1.807, 2.05) is 0 Å². The van der Waals surface area contributed by atoms with Gasteiger partial charge in [0.1, 0.15) is 10.6 Å². The smallest absolute Gasteiger partial charge is 0.376 e. The highest BCUT2D eigenvalue weighted by molar-refractivity contribution is 7.91. The molecule has 2 aromatic carbocycles. The summed E-state index contributed by atoms with van der Waals surface area (Å²) in [5, 5.41) is 7.82. The Labute approximate surface area is 179 Å². The van der Waals surface area contributed by atoms with Crippen LogP contribution in [0.5, 0.6) is 0 Å². The Morgan fingerprint density at radius 1 is 0.903 bits per heavy atom. The molecule has 2 N–H and O–H groups in total. The summed E-state index contributed by atoms with van der Waals surface area (Å²) in [5.41, 5.74) is 0.453. The zero-order chi connectivity index (χ0) is 23.4. The minimum atomic E-state index is -4.75. The first kappa shape index (κ1) is 24.8. The van der Waals surface area contributed by atoms with E-state index in [-0.39, 0.29) is 16.3 Å². The Morgan fingerprint density at radius 2 is 1.52 bits per heavy atom. The van der Waals surface area contributed by atoms with Crippen LogP contribution in [0.2, 0.25) is 0 Å². The lowest BCUT2D eigenvalue weighted by molar-refractivity contribution is 0.284. The van der Waals surface area contributed by atoms with Crippen molar-refractivity contribution in [2.24, 2.45) is 10.2 Å². The lowest BCUT2D eigenvalue weighted by Crippen LogP contribution is -2.15. The lowest BCUT2D eigenvalue weighted by Gasteiger charge is -2.16. The summed E-state index contributed by atoms with van der Waals surface area (Å²) in [7, 11) is -9.93. The van der Waals surface area contributed by atoms with Gasteiger partial charge in [-0.15, -0.1) is 5.11 Å². The van der Waals surface area contributed by atoms with Crippen LogP contribution < -0.4 is 4.90 Å². The summed E-state index contributed by atoms with van der Waals surface area (Å²) >= 11 is 0. The Balaban J connectivity index is 2.30. The van der Waals surface area contributed by atoms with Gasteiger partial charge in [-0.1, -0.05) is 6.07 Å². The number of rotatable bonds is 9. The van der Waals surface area contributed by atoms with Crippen LogP contribution in [-0.4, -0.2) is 60.8 Å². The van der Waals surface area contributed by atoms with Crippen molar-refractivity contribution in [1.29, 1.82) is 0 Å². The molecule has 0 saturated carbocycles. The van der Waals surface area contributed by atoms with Crippen molar-refractivity contribution in [3.05, 3.63) is 42.5 Å². The number of azo groups is 1. The third-order valence-corrected chi connectivity index (χ3v) is 6.83. The molecule has 2 aromatic rings. The van der Waals surface area contributed by atoms with Crippen molar-refractivity contribution in [2.45, 2.75) is 9.79 Å². The molecule has 0 aliphatic heterocycles. The molecular formula is C16H19N3O9S3. The van der Waals surface area contributed by atoms with Crippen molar-refractivity contribution >= 4 is 47.4 Å². The molecule has 0 heterocycles. The first-order valence-electron chi connectivity index (χ1n) is 8.35. The van der Waals surface area contributed by atoms with Crippen LogP contribution in [0.25, 0.3) is 0 Å². The fourth-order valence-electron chi connectivity index (χ4n) is 2.38. The Kier molecular flexibility index (Phi) is 7.51. The highest BCUT2D eigenvalue weighted by Gasteiger charge is 2.20. The summed E-state index contributed by atoms with van der Waals surface area (Å²) < 4.78 is 90.6. The molecule has 0 bridgehead atoms. The van der Waals surface area contributed by atoms with E-state index in [1.54, 1.807) is 25.1 Å². The number of hydrogen-bond donors (Lipinski definition) is 2. The molecule has 0 fully saturated rings. The van der Waals surface area contributed by atoms with E-state index in [4.69, 9.17) is 4.55 Å². The summed E-state index contributed by atoms with van der Waals surface area (Å²) in [4.78, 5) is 0.978. The van der Waals surface area contributed by atoms with Crippen LogP contribution in [0.15, 0.2) is 62.5 Å². The topological polar surface area (TPSA) is 180 Å². The fraction of sp³-hybridized carbons (Fsp3) is 0.250. The monoisotopic (exact) mass is 493 g/mol. The maximum atomic E-state index is 12.2. The summed E-state index contributed by atoms with van der Waals surface area (Å²) in [6.45, 7) is -0.762. The molecule has 0 aromatic heterocycles. The fourth-order valence-corrected chi connectivity index (χ4v) is 4.50. The molecule has 12 nitrogen and oxygen atoms in total. The van der Waals surface area contributed by atoms with Gasteiger partial charge >= 0.3 is 10.4 Å². The van der Waals surface area contributed by atoms with Gasteiger partial charge in [0, 0.05) is 14.1 Å². The Hall–Kier alpha value is -2.43. The molecule has 0 spiro atoms. The molecule has 31 heavy (non-hydrogen) atoms. The second-order valence-corrected chi connectivity index (χ2v) is 10.8. The van der Waals surface area contributed by atoms with Crippen LogP contribution in [0.3, 0.4) is 0 Å². The number of sulfone groups is 1. The second kappa shape index (κ2) is 9.37. The van der Waals surface area contributed by atoms with E-state index in [2.05, 4.69) is 14.4 Å². The normalized spacial score (nSPS) is 12.9. The van der Waals surface area contributed by atoms with E-state index in [9.17, 15) is 29.8 Å². The molecule has 0 aliphatic rings. The van der Waals surface area contributed by atoms with Crippen LogP contribution in [0.4, 0.5) is 17.1 Å². The molecule has 170 valence electrons. The Bertz CT molecular complexity index is 1290. The van der Waals surface area contributed by atoms with E-state index >= 15 is 0 Å². The summed E-state index contributed by atoms with van der Waals surface area (Å²) in [6, 6.07) is 9.16. The molecule has 0 aliphatic carbocycles. The third kappa shape index (κ3) is 7.05. The second-order valence-electron chi connectivity index (χ2n) is 6.26. The van der Waals surface area contributed by atoms with Gasteiger partial charge in [0.05, 0.1) is 28.6 Å². The van der Waals surface area contributed by atoms with E-state index in [0.29, 0.717) is 5.69 Å². The third-order valence-electron chi connectivity index (χ3n) is 3.78. The van der Waals surface area contributed by atoms with Crippen LogP contribution in [-0.2, 0) is 34.5 Å². The Morgan fingerprint density at radius 3 is 2.03 bits per heavy atom. The average Bonchev–Trinajstić information content (AvgIpc) is 2.64. The van der Waals surface area contributed by atoms with Gasteiger partial charge < -0.3 is 4.90 Å². The molecule has 0 saturated heterocycles. The predicted octanol–water partition coefficient (Wildman–Crippen LogP) is 2.01. The highest BCUT2D eigenvalue weighted by atomic mass is 32.3. The highest BCUT2D eigenvalue weighted by Crippen LogP contribution is 2.35. The van der Waals surface area contributed by atoms with Crippen LogP contribution in [0, 0.1) is 0 Å². The number of hydrogen-bond acceptors (Lipinski definition) is 10. The van der Waals surface area contributed by atoms with Crippen molar-refractivity contribution in [3.8, 4) is 0 Å². The number of benzene rings is 2. The van der Waals surface area contributed by atoms with E-state index < -0.39 is 47.6 Å². The maximum absolute atomic E-state index is 12.2. The largest absolute Gasteiger partial charge is 0.397 e. The molecular weight excluding hydrogens is 474 g/mol. The number of anilines is 1. The van der Waals surface area contributed by atoms with Crippen molar-refractivity contribution in [3.63, 3.8) is 0 Å². The quantitative estimate of drug-likeness (QED) is 0.387. The van der Waals surface area contributed by atoms with Gasteiger partial charge in [0.25, 0.3) is 10.1 Å². The zero-order valence-electron chi connectivity index (χ0n) is 16.3.